The van der Waals surface area contributed by atoms with Crippen molar-refractivity contribution in [3.63, 3.8) is 0 Å². The average molecular weight is 278 g/mol. The van der Waals surface area contributed by atoms with Gasteiger partial charge in [-0.25, -0.2) is 4.39 Å². The first-order valence-corrected chi connectivity index (χ1v) is 7.05. The van der Waals surface area contributed by atoms with Gasteiger partial charge >= 0.3 is 0 Å². The Kier molecular flexibility index (Phi) is 3.48. The van der Waals surface area contributed by atoms with Gasteiger partial charge in [-0.1, -0.05) is 12.1 Å². The van der Waals surface area contributed by atoms with E-state index in [1.54, 1.807) is 6.07 Å². The van der Waals surface area contributed by atoms with Crippen LogP contribution in [-0.4, -0.2) is 24.7 Å². The molecule has 1 amide bonds. The minimum atomic E-state index is -0.853. The normalized spacial score (nSPS) is 24.2. The highest BCUT2D eigenvalue weighted by Gasteiger charge is 2.38. The van der Waals surface area contributed by atoms with Crippen LogP contribution in [0, 0.1) is 5.82 Å². The fourth-order valence-electron chi connectivity index (χ4n) is 3.02. The third kappa shape index (κ3) is 2.31. The van der Waals surface area contributed by atoms with Crippen molar-refractivity contribution in [3.8, 4) is 0 Å². The van der Waals surface area contributed by atoms with Crippen LogP contribution in [0.2, 0.25) is 0 Å². The molecule has 1 heterocycles. The Bertz CT molecular complexity index is 527. The number of halogens is 1. The van der Waals surface area contributed by atoms with Crippen molar-refractivity contribution in [2.24, 2.45) is 5.73 Å². The van der Waals surface area contributed by atoms with Crippen LogP contribution in [0.15, 0.2) is 18.2 Å². The summed E-state index contributed by atoms with van der Waals surface area (Å²) in [7, 11) is 0. The highest BCUT2D eigenvalue weighted by atomic mass is 19.1. The van der Waals surface area contributed by atoms with Gasteiger partial charge in [-0.3, -0.25) is 4.79 Å². The summed E-state index contributed by atoms with van der Waals surface area (Å²) in [5.74, 6) is -0.337. The third-order valence-electron chi connectivity index (χ3n) is 4.36. The summed E-state index contributed by atoms with van der Waals surface area (Å²) in [5.41, 5.74) is 6.91. The molecular formula is C15H19FN2O2. The number of benzene rings is 1. The predicted molar refractivity (Wildman–Crippen MR) is 72.6 cm³/mol. The zero-order chi connectivity index (χ0) is 14.2. The van der Waals surface area contributed by atoms with Gasteiger partial charge in [0.15, 0.2) is 0 Å². The lowest BCUT2D eigenvalue weighted by Gasteiger charge is -2.33. The molecule has 0 radical (unpaired) electrons. The van der Waals surface area contributed by atoms with E-state index in [2.05, 4.69) is 5.32 Å². The molecule has 0 aromatic heterocycles. The molecule has 1 aliphatic carbocycles. The van der Waals surface area contributed by atoms with E-state index in [0.29, 0.717) is 32.5 Å². The van der Waals surface area contributed by atoms with Gasteiger partial charge in [0.25, 0.3) is 0 Å². The SMILES string of the molecule is NC1(C(=O)NC2CCc3c(F)cccc32)CCOCC1. The molecule has 1 atom stereocenters. The Morgan fingerprint density at radius 3 is 2.90 bits per heavy atom. The summed E-state index contributed by atoms with van der Waals surface area (Å²) in [5, 5.41) is 2.99. The third-order valence-corrected chi connectivity index (χ3v) is 4.36. The largest absolute Gasteiger partial charge is 0.381 e. The second kappa shape index (κ2) is 5.14. The van der Waals surface area contributed by atoms with Gasteiger partial charge in [-0.05, 0) is 42.9 Å². The van der Waals surface area contributed by atoms with E-state index in [9.17, 15) is 9.18 Å². The van der Waals surface area contributed by atoms with Gasteiger partial charge in [-0.2, -0.15) is 0 Å². The molecule has 4 nitrogen and oxygen atoms in total. The van der Waals surface area contributed by atoms with Gasteiger partial charge in [0, 0.05) is 13.2 Å². The number of ether oxygens (including phenoxy) is 1. The summed E-state index contributed by atoms with van der Waals surface area (Å²) in [6, 6.07) is 4.90. The number of fused-ring (bicyclic) bond motifs is 1. The van der Waals surface area contributed by atoms with E-state index in [1.807, 2.05) is 6.07 Å². The Hall–Kier alpha value is -1.46. The van der Waals surface area contributed by atoms with E-state index in [-0.39, 0.29) is 17.8 Å². The fraction of sp³-hybridized carbons (Fsp3) is 0.533. The molecule has 2 aliphatic rings. The molecule has 0 bridgehead atoms. The van der Waals surface area contributed by atoms with Crippen molar-refractivity contribution in [2.45, 2.75) is 37.3 Å². The standard InChI is InChI=1S/C15H19FN2O2/c16-12-3-1-2-11-10(12)4-5-13(11)18-14(19)15(17)6-8-20-9-7-15/h1-3,13H,4-9,17H2,(H,18,19). The number of hydrogen-bond donors (Lipinski definition) is 2. The van der Waals surface area contributed by atoms with E-state index in [1.165, 1.54) is 6.07 Å². The van der Waals surface area contributed by atoms with Gasteiger partial charge in [0.2, 0.25) is 5.91 Å². The van der Waals surface area contributed by atoms with Gasteiger partial charge in [0.05, 0.1) is 11.6 Å². The van der Waals surface area contributed by atoms with Crippen molar-refractivity contribution < 1.29 is 13.9 Å². The average Bonchev–Trinajstić information content (AvgIpc) is 2.84. The maximum atomic E-state index is 13.7. The lowest BCUT2D eigenvalue weighted by atomic mass is 9.90. The number of hydrogen-bond acceptors (Lipinski definition) is 3. The monoisotopic (exact) mass is 278 g/mol. The summed E-state index contributed by atoms with van der Waals surface area (Å²) < 4.78 is 18.9. The molecule has 3 N–H and O–H groups in total. The molecule has 20 heavy (non-hydrogen) atoms. The predicted octanol–water partition coefficient (Wildman–Crippen LogP) is 1.44. The number of carbonyl (C=O) groups excluding carboxylic acids is 1. The first-order chi connectivity index (χ1) is 9.60. The molecule has 0 spiro atoms. The highest BCUT2D eigenvalue weighted by Crippen LogP contribution is 2.33. The number of amides is 1. The molecule has 1 unspecified atom stereocenters. The van der Waals surface area contributed by atoms with Crippen LogP contribution in [0.4, 0.5) is 4.39 Å². The Labute approximate surface area is 117 Å². The van der Waals surface area contributed by atoms with Crippen LogP contribution in [0.5, 0.6) is 0 Å². The number of nitrogens with two attached hydrogens (primary N) is 1. The lowest BCUT2D eigenvalue weighted by molar-refractivity contribution is -0.130. The topological polar surface area (TPSA) is 64.4 Å². The zero-order valence-electron chi connectivity index (χ0n) is 11.3. The summed E-state index contributed by atoms with van der Waals surface area (Å²) in [4.78, 5) is 12.4. The van der Waals surface area contributed by atoms with E-state index < -0.39 is 5.54 Å². The van der Waals surface area contributed by atoms with Crippen LogP contribution < -0.4 is 11.1 Å². The maximum absolute atomic E-state index is 13.7. The van der Waals surface area contributed by atoms with Crippen molar-refractivity contribution >= 4 is 5.91 Å². The molecular weight excluding hydrogens is 259 g/mol. The molecule has 0 saturated carbocycles. The van der Waals surface area contributed by atoms with Crippen molar-refractivity contribution in [1.29, 1.82) is 0 Å². The Morgan fingerprint density at radius 1 is 1.40 bits per heavy atom. The fourth-order valence-corrected chi connectivity index (χ4v) is 3.02. The van der Waals surface area contributed by atoms with Gasteiger partial charge < -0.3 is 15.8 Å². The lowest BCUT2D eigenvalue weighted by Crippen LogP contribution is -2.57. The van der Waals surface area contributed by atoms with Crippen LogP contribution in [0.25, 0.3) is 0 Å². The molecule has 108 valence electrons. The molecule has 1 aliphatic heterocycles. The van der Waals surface area contributed by atoms with Gasteiger partial charge in [0.1, 0.15) is 5.82 Å². The summed E-state index contributed by atoms with van der Waals surface area (Å²) in [6.07, 6.45) is 2.45. The van der Waals surface area contributed by atoms with E-state index >= 15 is 0 Å². The quantitative estimate of drug-likeness (QED) is 0.860. The Morgan fingerprint density at radius 2 is 2.15 bits per heavy atom. The first-order valence-electron chi connectivity index (χ1n) is 7.05. The summed E-state index contributed by atoms with van der Waals surface area (Å²) in [6.45, 7) is 1.03. The molecule has 1 aromatic rings. The molecule has 1 saturated heterocycles. The smallest absolute Gasteiger partial charge is 0.240 e. The molecule has 5 heteroatoms. The number of nitrogens with one attached hydrogen (secondary N) is 1. The van der Waals surface area contributed by atoms with Crippen LogP contribution in [0.3, 0.4) is 0 Å². The van der Waals surface area contributed by atoms with Crippen molar-refractivity contribution in [1.82, 2.24) is 5.32 Å². The molecule has 3 rings (SSSR count). The Balaban J connectivity index is 1.74. The second-order valence-electron chi connectivity index (χ2n) is 5.64. The highest BCUT2D eigenvalue weighted by molar-refractivity contribution is 5.86. The van der Waals surface area contributed by atoms with Crippen LogP contribution >= 0.6 is 0 Å². The first kappa shape index (κ1) is 13.5. The minimum Gasteiger partial charge on any atom is -0.381 e. The van der Waals surface area contributed by atoms with Crippen LogP contribution in [-0.2, 0) is 16.0 Å². The van der Waals surface area contributed by atoms with Crippen LogP contribution in [0.1, 0.15) is 36.4 Å². The number of carbonyl (C=O) groups is 1. The van der Waals surface area contributed by atoms with E-state index in [4.69, 9.17) is 10.5 Å². The van der Waals surface area contributed by atoms with E-state index in [0.717, 1.165) is 17.5 Å². The van der Waals surface area contributed by atoms with Gasteiger partial charge in [-0.15, -0.1) is 0 Å². The number of rotatable bonds is 2. The zero-order valence-corrected chi connectivity index (χ0v) is 11.3. The molecule has 1 fully saturated rings. The maximum Gasteiger partial charge on any atom is 0.240 e. The van der Waals surface area contributed by atoms with Crippen molar-refractivity contribution in [3.05, 3.63) is 35.1 Å². The molecule has 1 aromatic carbocycles. The minimum absolute atomic E-state index is 0.128. The van der Waals surface area contributed by atoms with Crippen molar-refractivity contribution in [2.75, 3.05) is 13.2 Å². The summed E-state index contributed by atoms with van der Waals surface area (Å²) >= 11 is 0. The second-order valence-corrected chi connectivity index (χ2v) is 5.64.